The summed E-state index contributed by atoms with van der Waals surface area (Å²) in [5.74, 6) is 0. The van der Waals surface area contributed by atoms with Crippen LogP contribution in [-0.2, 0) is 0 Å². The van der Waals surface area contributed by atoms with E-state index < -0.39 is 0 Å². The topological polar surface area (TPSA) is 15.3 Å². The lowest BCUT2D eigenvalue weighted by atomic mass is 9.80. The highest BCUT2D eigenvalue weighted by Crippen LogP contribution is 2.37. The maximum absolute atomic E-state index is 3.63. The Labute approximate surface area is 130 Å². The van der Waals surface area contributed by atoms with E-state index in [-0.39, 0.29) is 5.54 Å². The molecule has 1 N–H and O–H groups in total. The second kappa shape index (κ2) is 6.93. The second-order valence-electron chi connectivity index (χ2n) is 6.84. The molecule has 1 aromatic rings. The highest BCUT2D eigenvalue weighted by molar-refractivity contribution is 5.35. The van der Waals surface area contributed by atoms with Crippen molar-refractivity contribution in [1.29, 1.82) is 0 Å². The number of likely N-dealkylation sites (N-methyl/N-ethyl adjacent to an activating group) is 1. The molecule has 2 atom stereocenters. The number of nitrogens with zero attached hydrogens (tertiary/aromatic N) is 1. The third-order valence-corrected chi connectivity index (χ3v) is 5.45. The Morgan fingerprint density at radius 2 is 1.86 bits per heavy atom. The van der Waals surface area contributed by atoms with Crippen molar-refractivity contribution in [1.82, 2.24) is 10.2 Å². The molecule has 0 aromatic heterocycles. The van der Waals surface area contributed by atoms with Crippen LogP contribution in [0.4, 0.5) is 0 Å². The number of nitrogens with one attached hydrogen (secondary N) is 1. The van der Waals surface area contributed by atoms with Crippen LogP contribution < -0.4 is 5.32 Å². The third-order valence-electron chi connectivity index (χ3n) is 5.45. The number of benzene rings is 1. The van der Waals surface area contributed by atoms with Crippen LogP contribution in [0, 0.1) is 13.8 Å². The van der Waals surface area contributed by atoms with E-state index in [1.54, 1.807) is 0 Å². The molecule has 1 fully saturated rings. The van der Waals surface area contributed by atoms with Gasteiger partial charge < -0.3 is 5.32 Å². The van der Waals surface area contributed by atoms with Crippen molar-refractivity contribution in [2.45, 2.75) is 65.0 Å². The summed E-state index contributed by atoms with van der Waals surface area (Å²) in [5, 5.41) is 3.63. The number of piperidine rings is 1. The number of hydrogen-bond donors (Lipinski definition) is 1. The summed E-state index contributed by atoms with van der Waals surface area (Å²) >= 11 is 0. The van der Waals surface area contributed by atoms with Gasteiger partial charge in [0.25, 0.3) is 0 Å². The van der Waals surface area contributed by atoms with Crippen molar-refractivity contribution in [3.05, 3.63) is 34.9 Å². The van der Waals surface area contributed by atoms with Gasteiger partial charge in [-0.15, -0.1) is 0 Å². The van der Waals surface area contributed by atoms with Gasteiger partial charge in [-0.2, -0.15) is 0 Å². The molecular weight excluding hydrogens is 256 g/mol. The highest BCUT2D eigenvalue weighted by atomic mass is 15.2. The first-order valence-electron chi connectivity index (χ1n) is 8.52. The first-order chi connectivity index (χ1) is 10.0. The zero-order valence-corrected chi connectivity index (χ0v) is 14.5. The summed E-state index contributed by atoms with van der Waals surface area (Å²) in [5.41, 5.74) is 4.41. The minimum Gasteiger partial charge on any atom is -0.311 e. The van der Waals surface area contributed by atoms with Crippen molar-refractivity contribution in [3.63, 3.8) is 0 Å². The van der Waals surface area contributed by atoms with Crippen molar-refractivity contribution in [3.8, 4) is 0 Å². The predicted octanol–water partition coefficient (Wildman–Crippen LogP) is 4.22. The smallest absolute Gasteiger partial charge is 0.0504 e. The Kier molecular flexibility index (Phi) is 5.45. The Morgan fingerprint density at radius 1 is 1.19 bits per heavy atom. The quantitative estimate of drug-likeness (QED) is 0.872. The molecule has 0 saturated carbocycles. The van der Waals surface area contributed by atoms with Gasteiger partial charge in [0.2, 0.25) is 0 Å². The van der Waals surface area contributed by atoms with Crippen molar-refractivity contribution >= 4 is 0 Å². The van der Waals surface area contributed by atoms with Crippen LogP contribution in [0.2, 0.25) is 0 Å². The van der Waals surface area contributed by atoms with Gasteiger partial charge >= 0.3 is 0 Å². The fourth-order valence-electron chi connectivity index (χ4n) is 3.89. The fraction of sp³-hybridized carbons (Fsp3) is 0.684. The molecule has 2 rings (SSSR count). The largest absolute Gasteiger partial charge is 0.311 e. The van der Waals surface area contributed by atoms with Gasteiger partial charge in [0, 0.05) is 5.54 Å². The average Bonchev–Trinajstić information content (AvgIpc) is 2.52. The van der Waals surface area contributed by atoms with Crippen LogP contribution in [0.3, 0.4) is 0 Å². The normalized spacial score (nSPS) is 21.0. The van der Waals surface area contributed by atoms with E-state index in [2.05, 4.69) is 63.2 Å². The van der Waals surface area contributed by atoms with Gasteiger partial charge in [-0.05, 0) is 71.3 Å². The molecule has 0 bridgehead atoms. The first kappa shape index (κ1) is 16.5. The zero-order valence-electron chi connectivity index (χ0n) is 14.5. The van der Waals surface area contributed by atoms with Crippen LogP contribution in [0.15, 0.2) is 18.2 Å². The van der Waals surface area contributed by atoms with Crippen LogP contribution in [-0.4, -0.2) is 30.6 Å². The molecule has 1 aromatic carbocycles. The molecule has 0 aliphatic carbocycles. The van der Waals surface area contributed by atoms with E-state index in [9.17, 15) is 0 Å². The first-order valence-corrected chi connectivity index (χ1v) is 8.52. The van der Waals surface area contributed by atoms with Gasteiger partial charge in [-0.1, -0.05) is 37.1 Å². The lowest BCUT2D eigenvalue weighted by Crippen LogP contribution is -2.55. The molecule has 2 nitrogen and oxygen atoms in total. The Hall–Kier alpha value is -0.860. The van der Waals surface area contributed by atoms with Gasteiger partial charge in [-0.3, -0.25) is 4.90 Å². The molecule has 1 aliphatic heterocycles. The summed E-state index contributed by atoms with van der Waals surface area (Å²) in [6.45, 7) is 11.7. The van der Waals surface area contributed by atoms with Gasteiger partial charge in [0.15, 0.2) is 0 Å². The van der Waals surface area contributed by atoms with Crippen LogP contribution >= 0.6 is 0 Å². The standard InChI is InChI=1S/C19H32N2/c1-6-19(4,21-12-8-7-9-13-21)18(20-5)17-14-15(2)10-11-16(17)3/h10-11,14,18,20H,6-9,12-13H2,1-5H3. The molecule has 1 aliphatic rings. The maximum atomic E-state index is 3.63. The van der Waals surface area contributed by atoms with Gasteiger partial charge in [0.05, 0.1) is 6.04 Å². The van der Waals surface area contributed by atoms with E-state index in [1.807, 2.05) is 0 Å². The SMILES string of the molecule is CCC(C)(C(NC)c1cc(C)ccc1C)N1CCCCC1. The Bertz CT molecular complexity index is 463. The molecule has 0 amide bonds. The molecule has 2 heteroatoms. The maximum Gasteiger partial charge on any atom is 0.0504 e. The number of likely N-dealkylation sites (tertiary alicyclic amines) is 1. The molecule has 2 unspecified atom stereocenters. The summed E-state index contributed by atoms with van der Waals surface area (Å²) < 4.78 is 0. The summed E-state index contributed by atoms with van der Waals surface area (Å²) in [6, 6.07) is 7.24. The van der Waals surface area contributed by atoms with E-state index in [1.165, 1.54) is 55.5 Å². The molecule has 0 radical (unpaired) electrons. The Balaban J connectivity index is 2.38. The van der Waals surface area contributed by atoms with Gasteiger partial charge in [0.1, 0.15) is 0 Å². The van der Waals surface area contributed by atoms with E-state index in [0.717, 1.165) is 0 Å². The lowest BCUT2D eigenvalue weighted by Gasteiger charge is -2.48. The second-order valence-corrected chi connectivity index (χ2v) is 6.84. The van der Waals surface area contributed by atoms with Crippen molar-refractivity contribution in [2.75, 3.05) is 20.1 Å². The molecule has 21 heavy (non-hydrogen) atoms. The monoisotopic (exact) mass is 288 g/mol. The average molecular weight is 288 g/mol. The molecule has 1 heterocycles. The minimum atomic E-state index is 0.188. The van der Waals surface area contributed by atoms with Crippen molar-refractivity contribution < 1.29 is 0 Å². The van der Waals surface area contributed by atoms with E-state index in [4.69, 9.17) is 0 Å². The van der Waals surface area contributed by atoms with E-state index >= 15 is 0 Å². The summed E-state index contributed by atoms with van der Waals surface area (Å²) in [7, 11) is 2.12. The van der Waals surface area contributed by atoms with E-state index in [0.29, 0.717) is 6.04 Å². The summed E-state index contributed by atoms with van der Waals surface area (Å²) in [6.07, 6.45) is 5.26. The molecule has 1 saturated heterocycles. The third kappa shape index (κ3) is 3.32. The molecule has 118 valence electrons. The summed E-state index contributed by atoms with van der Waals surface area (Å²) in [4.78, 5) is 2.72. The molecule has 0 spiro atoms. The number of rotatable bonds is 5. The zero-order chi connectivity index (χ0) is 15.5. The minimum absolute atomic E-state index is 0.188. The Morgan fingerprint density at radius 3 is 2.43 bits per heavy atom. The van der Waals surface area contributed by atoms with Crippen LogP contribution in [0.1, 0.15) is 62.3 Å². The number of hydrogen-bond acceptors (Lipinski definition) is 2. The van der Waals surface area contributed by atoms with Crippen LogP contribution in [0.25, 0.3) is 0 Å². The molecular formula is C19H32N2. The fourth-order valence-corrected chi connectivity index (χ4v) is 3.89. The highest BCUT2D eigenvalue weighted by Gasteiger charge is 2.39. The van der Waals surface area contributed by atoms with Gasteiger partial charge in [-0.25, -0.2) is 0 Å². The predicted molar refractivity (Wildman–Crippen MR) is 91.8 cm³/mol. The lowest BCUT2D eigenvalue weighted by molar-refractivity contribution is 0.0446. The number of aryl methyl sites for hydroxylation is 2. The van der Waals surface area contributed by atoms with Crippen molar-refractivity contribution in [2.24, 2.45) is 0 Å². The van der Waals surface area contributed by atoms with Crippen LogP contribution in [0.5, 0.6) is 0 Å².